The highest BCUT2D eigenvalue weighted by molar-refractivity contribution is 5.40. The molecule has 0 aromatic heterocycles. The summed E-state index contributed by atoms with van der Waals surface area (Å²) in [6.07, 6.45) is 3.46. The molecule has 1 heterocycles. The summed E-state index contributed by atoms with van der Waals surface area (Å²) in [5, 5.41) is 0. The average Bonchev–Trinajstić information content (AvgIpc) is 2.94. The minimum Gasteiger partial charge on any atom is -0.497 e. The van der Waals surface area contributed by atoms with E-state index in [1.807, 2.05) is 18.2 Å². The van der Waals surface area contributed by atoms with Gasteiger partial charge in [-0.1, -0.05) is 0 Å². The third-order valence-corrected chi connectivity index (χ3v) is 3.55. The lowest BCUT2D eigenvalue weighted by atomic mass is 10.1. The summed E-state index contributed by atoms with van der Waals surface area (Å²) in [6.45, 7) is 4.79. The van der Waals surface area contributed by atoms with E-state index >= 15 is 0 Å². The molecule has 1 aromatic rings. The molecule has 0 atom stereocenters. The van der Waals surface area contributed by atoms with Gasteiger partial charge in [0.2, 0.25) is 0 Å². The van der Waals surface area contributed by atoms with E-state index in [9.17, 15) is 0 Å². The zero-order chi connectivity index (χ0) is 13.5. The minimum absolute atomic E-state index is 0.621. The lowest BCUT2D eigenvalue weighted by Crippen LogP contribution is -2.25. The lowest BCUT2D eigenvalue weighted by molar-refractivity contribution is 0.236. The third kappa shape index (κ3) is 4.11. The van der Waals surface area contributed by atoms with E-state index in [1.54, 1.807) is 7.11 Å². The number of ether oxygens (including phenoxy) is 2. The number of benzene rings is 1. The molecule has 1 aliphatic heterocycles. The van der Waals surface area contributed by atoms with E-state index in [2.05, 4.69) is 4.90 Å². The van der Waals surface area contributed by atoms with Crippen LogP contribution in [0.1, 0.15) is 18.4 Å². The van der Waals surface area contributed by atoms with Gasteiger partial charge < -0.3 is 15.2 Å². The van der Waals surface area contributed by atoms with Crippen molar-refractivity contribution < 1.29 is 9.47 Å². The van der Waals surface area contributed by atoms with Crippen molar-refractivity contribution in [3.63, 3.8) is 0 Å². The molecular formula is C15H24N2O2. The van der Waals surface area contributed by atoms with Crippen LogP contribution in [0.2, 0.25) is 0 Å². The van der Waals surface area contributed by atoms with Crippen LogP contribution in [0.5, 0.6) is 11.5 Å². The van der Waals surface area contributed by atoms with Gasteiger partial charge in [-0.2, -0.15) is 0 Å². The first-order valence-electron chi connectivity index (χ1n) is 7.05. The zero-order valence-electron chi connectivity index (χ0n) is 11.7. The number of nitrogens with zero attached hydrogens (tertiary/aromatic N) is 1. The monoisotopic (exact) mass is 264 g/mol. The van der Waals surface area contributed by atoms with Crippen LogP contribution in [0.3, 0.4) is 0 Å². The van der Waals surface area contributed by atoms with Crippen LogP contribution < -0.4 is 15.2 Å². The fourth-order valence-electron chi connectivity index (χ4n) is 2.47. The Hall–Kier alpha value is -1.26. The molecule has 1 fully saturated rings. The Morgan fingerprint density at radius 2 is 2.05 bits per heavy atom. The van der Waals surface area contributed by atoms with Crippen molar-refractivity contribution in [2.45, 2.75) is 19.3 Å². The second-order valence-corrected chi connectivity index (χ2v) is 4.91. The lowest BCUT2D eigenvalue weighted by Gasteiger charge is -2.17. The third-order valence-electron chi connectivity index (χ3n) is 3.55. The van der Waals surface area contributed by atoms with Crippen LogP contribution in [0.4, 0.5) is 0 Å². The molecule has 2 N–H and O–H groups in total. The molecule has 0 amide bonds. The number of hydrogen-bond donors (Lipinski definition) is 1. The Bertz CT molecular complexity index is 390. The minimum atomic E-state index is 0.621. The van der Waals surface area contributed by atoms with Gasteiger partial charge in [0.05, 0.1) is 7.11 Å². The molecule has 4 nitrogen and oxygen atoms in total. The maximum Gasteiger partial charge on any atom is 0.122 e. The van der Waals surface area contributed by atoms with Gasteiger partial charge in [0.25, 0.3) is 0 Å². The molecule has 106 valence electrons. The van der Waals surface area contributed by atoms with E-state index in [0.29, 0.717) is 6.54 Å². The van der Waals surface area contributed by atoms with Crippen LogP contribution in [0.25, 0.3) is 0 Å². The number of methoxy groups -OCH3 is 1. The van der Waals surface area contributed by atoms with E-state index < -0.39 is 0 Å². The highest BCUT2D eigenvalue weighted by Crippen LogP contribution is 2.24. The Kier molecular flexibility index (Phi) is 5.48. The molecule has 0 spiro atoms. The zero-order valence-corrected chi connectivity index (χ0v) is 11.7. The summed E-state index contributed by atoms with van der Waals surface area (Å²) in [5.41, 5.74) is 6.77. The van der Waals surface area contributed by atoms with E-state index in [0.717, 1.165) is 36.6 Å². The summed E-state index contributed by atoms with van der Waals surface area (Å²) >= 11 is 0. The van der Waals surface area contributed by atoms with Gasteiger partial charge in [0.15, 0.2) is 0 Å². The summed E-state index contributed by atoms with van der Waals surface area (Å²) in [6, 6.07) is 5.93. The molecule has 19 heavy (non-hydrogen) atoms. The molecule has 1 aliphatic rings. The fourth-order valence-corrected chi connectivity index (χ4v) is 2.47. The average molecular weight is 264 g/mol. The Morgan fingerprint density at radius 3 is 2.74 bits per heavy atom. The van der Waals surface area contributed by atoms with Crippen LogP contribution >= 0.6 is 0 Å². The number of rotatable bonds is 7. The molecule has 0 bridgehead atoms. The topological polar surface area (TPSA) is 47.7 Å². The molecule has 1 saturated heterocycles. The predicted molar refractivity (Wildman–Crippen MR) is 76.9 cm³/mol. The van der Waals surface area contributed by atoms with Crippen LogP contribution in [-0.4, -0.2) is 44.8 Å². The fraction of sp³-hybridized carbons (Fsp3) is 0.600. The molecular weight excluding hydrogens is 240 g/mol. The summed E-state index contributed by atoms with van der Waals surface area (Å²) in [5.74, 6) is 1.79. The van der Waals surface area contributed by atoms with Crippen molar-refractivity contribution in [3.05, 3.63) is 23.8 Å². The molecule has 0 aliphatic carbocycles. The summed E-state index contributed by atoms with van der Waals surface area (Å²) in [4.78, 5) is 2.45. The first kappa shape index (κ1) is 14.2. The largest absolute Gasteiger partial charge is 0.497 e. The maximum absolute atomic E-state index is 5.90. The first-order valence-corrected chi connectivity index (χ1v) is 7.05. The van der Waals surface area contributed by atoms with Crippen LogP contribution in [0, 0.1) is 0 Å². The molecule has 0 unspecified atom stereocenters. The van der Waals surface area contributed by atoms with Gasteiger partial charge in [0, 0.05) is 6.54 Å². The van der Waals surface area contributed by atoms with E-state index in [4.69, 9.17) is 15.2 Å². The normalized spacial score (nSPS) is 15.7. The van der Waals surface area contributed by atoms with Crippen molar-refractivity contribution in [2.75, 3.05) is 39.9 Å². The SMILES string of the molecule is COc1ccc(OCCN2CCCC2)c(CCN)c1. The van der Waals surface area contributed by atoms with Crippen molar-refractivity contribution in [1.29, 1.82) is 0 Å². The van der Waals surface area contributed by atoms with Crippen LogP contribution in [-0.2, 0) is 6.42 Å². The highest BCUT2D eigenvalue weighted by atomic mass is 16.5. The predicted octanol–water partition coefficient (Wildman–Crippen LogP) is 1.67. The van der Waals surface area contributed by atoms with Crippen molar-refractivity contribution in [3.8, 4) is 11.5 Å². The van der Waals surface area contributed by atoms with E-state index in [-0.39, 0.29) is 0 Å². The van der Waals surface area contributed by atoms with Gasteiger partial charge in [-0.3, -0.25) is 4.90 Å². The molecule has 4 heteroatoms. The maximum atomic E-state index is 5.90. The van der Waals surface area contributed by atoms with Gasteiger partial charge in [-0.15, -0.1) is 0 Å². The Labute approximate surface area is 115 Å². The molecule has 0 radical (unpaired) electrons. The smallest absolute Gasteiger partial charge is 0.122 e. The van der Waals surface area contributed by atoms with Crippen molar-refractivity contribution in [2.24, 2.45) is 5.73 Å². The summed E-state index contributed by atoms with van der Waals surface area (Å²) in [7, 11) is 1.68. The van der Waals surface area contributed by atoms with Crippen molar-refractivity contribution in [1.82, 2.24) is 4.90 Å². The second kappa shape index (κ2) is 7.36. The Balaban J connectivity index is 1.90. The first-order chi connectivity index (χ1) is 9.33. The number of likely N-dealkylation sites (tertiary alicyclic amines) is 1. The summed E-state index contributed by atoms with van der Waals surface area (Å²) < 4.78 is 11.1. The number of nitrogens with two attached hydrogens (primary N) is 1. The van der Waals surface area contributed by atoms with Crippen LogP contribution in [0.15, 0.2) is 18.2 Å². The van der Waals surface area contributed by atoms with Crippen molar-refractivity contribution >= 4 is 0 Å². The standard InChI is InChI=1S/C15H24N2O2/c1-18-14-4-5-15(13(12-14)6-7-16)19-11-10-17-8-2-3-9-17/h4-5,12H,2-3,6-11,16H2,1H3. The Morgan fingerprint density at radius 1 is 1.26 bits per heavy atom. The molecule has 0 saturated carbocycles. The molecule has 2 rings (SSSR count). The van der Waals surface area contributed by atoms with Gasteiger partial charge >= 0.3 is 0 Å². The van der Waals surface area contributed by atoms with Gasteiger partial charge in [0.1, 0.15) is 18.1 Å². The van der Waals surface area contributed by atoms with Gasteiger partial charge in [-0.25, -0.2) is 0 Å². The highest BCUT2D eigenvalue weighted by Gasteiger charge is 2.11. The van der Waals surface area contributed by atoms with Gasteiger partial charge in [-0.05, 0) is 62.7 Å². The van der Waals surface area contributed by atoms with E-state index in [1.165, 1.54) is 25.9 Å². The number of hydrogen-bond acceptors (Lipinski definition) is 4. The quantitative estimate of drug-likeness (QED) is 0.814. The second-order valence-electron chi connectivity index (χ2n) is 4.91. The molecule has 1 aromatic carbocycles.